The van der Waals surface area contributed by atoms with Crippen LogP contribution in [0.25, 0.3) is 0 Å². The van der Waals surface area contributed by atoms with Crippen molar-refractivity contribution in [2.75, 3.05) is 11.9 Å². The monoisotopic (exact) mass is 324 g/mol. The van der Waals surface area contributed by atoms with E-state index < -0.39 is 0 Å². The number of aromatic nitrogens is 1. The Hall–Kier alpha value is -3.22. The minimum atomic E-state index is -0.385. The van der Waals surface area contributed by atoms with E-state index in [2.05, 4.69) is 15.6 Å². The van der Waals surface area contributed by atoms with Crippen LogP contribution in [0.1, 0.15) is 21.6 Å². The molecule has 3 rings (SSSR count). The fraction of sp³-hybridized carbons (Fsp3) is 0.176. The summed E-state index contributed by atoms with van der Waals surface area (Å²) in [5.74, 6) is -0.492. The highest BCUT2D eigenvalue weighted by molar-refractivity contribution is 6.04. The highest BCUT2D eigenvalue weighted by Crippen LogP contribution is 2.14. The Morgan fingerprint density at radius 1 is 1.21 bits per heavy atom. The van der Waals surface area contributed by atoms with Crippen molar-refractivity contribution in [1.82, 2.24) is 15.2 Å². The van der Waals surface area contributed by atoms with E-state index in [1.165, 1.54) is 6.20 Å². The Bertz CT molecular complexity index is 768. The van der Waals surface area contributed by atoms with Crippen LogP contribution in [-0.2, 0) is 11.3 Å². The number of carbonyl (C=O) groups excluding carboxylic acids is 3. The molecule has 0 atom stereocenters. The molecule has 0 radical (unpaired) electrons. The molecule has 1 aromatic carbocycles. The first-order valence-corrected chi connectivity index (χ1v) is 7.44. The standard InChI is InChI=1S/C17H16N4O3/c1-11-2-5-13(8-18-11)16(23)20-14-6-3-12(4-7-14)10-21-15(22)9-19-17(21)24/h2-8H,9-10H2,1H3,(H,19,24)(H,20,23). The molecular formula is C17H16N4O3. The zero-order chi connectivity index (χ0) is 17.1. The Kier molecular flexibility index (Phi) is 4.24. The fourth-order valence-electron chi connectivity index (χ4n) is 2.30. The molecule has 7 nitrogen and oxygen atoms in total. The van der Waals surface area contributed by atoms with E-state index in [1.807, 2.05) is 6.92 Å². The molecule has 24 heavy (non-hydrogen) atoms. The molecule has 1 fully saturated rings. The predicted octanol–water partition coefficient (Wildman–Crippen LogP) is 1.69. The van der Waals surface area contributed by atoms with Gasteiger partial charge in [-0.1, -0.05) is 12.1 Å². The molecular weight excluding hydrogens is 308 g/mol. The molecule has 1 aromatic heterocycles. The van der Waals surface area contributed by atoms with Crippen molar-refractivity contribution in [1.29, 1.82) is 0 Å². The molecule has 4 amide bonds. The fourth-order valence-corrected chi connectivity index (χ4v) is 2.30. The molecule has 2 heterocycles. The van der Waals surface area contributed by atoms with Crippen molar-refractivity contribution < 1.29 is 14.4 Å². The highest BCUT2D eigenvalue weighted by Gasteiger charge is 2.28. The van der Waals surface area contributed by atoms with Crippen LogP contribution in [0.5, 0.6) is 0 Å². The molecule has 1 saturated heterocycles. The quantitative estimate of drug-likeness (QED) is 0.837. The van der Waals surface area contributed by atoms with Gasteiger partial charge in [0.25, 0.3) is 5.91 Å². The number of pyridine rings is 1. The summed E-state index contributed by atoms with van der Waals surface area (Å²) in [5.41, 5.74) is 2.75. The SMILES string of the molecule is Cc1ccc(C(=O)Nc2ccc(CN3C(=O)CNC3=O)cc2)cn1. The van der Waals surface area contributed by atoms with Gasteiger partial charge in [-0.2, -0.15) is 0 Å². The first kappa shape index (κ1) is 15.7. The van der Waals surface area contributed by atoms with E-state index in [1.54, 1.807) is 36.4 Å². The first-order valence-electron chi connectivity index (χ1n) is 7.44. The number of imide groups is 1. The van der Waals surface area contributed by atoms with Gasteiger partial charge in [0.15, 0.2) is 0 Å². The number of nitrogens with one attached hydrogen (secondary N) is 2. The van der Waals surface area contributed by atoms with E-state index in [9.17, 15) is 14.4 Å². The average Bonchev–Trinajstić information content (AvgIpc) is 2.89. The summed E-state index contributed by atoms with van der Waals surface area (Å²) in [5, 5.41) is 5.25. The van der Waals surface area contributed by atoms with Crippen molar-refractivity contribution in [2.45, 2.75) is 13.5 Å². The normalized spacial score (nSPS) is 13.8. The Labute approximate surface area is 138 Å². The van der Waals surface area contributed by atoms with Crippen LogP contribution in [0.15, 0.2) is 42.6 Å². The second-order valence-corrected chi connectivity index (χ2v) is 5.48. The van der Waals surface area contributed by atoms with E-state index in [0.29, 0.717) is 11.3 Å². The van der Waals surface area contributed by atoms with Crippen molar-refractivity contribution >= 4 is 23.5 Å². The second-order valence-electron chi connectivity index (χ2n) is 5.48. The summed E-state index contributed by atoms with van der Waals surface area (Å²) in [4.78, 5) is 40.4. The van der Waals surface area contributed by atoms with Gasteiger partial charge in [0.05, 0.1) is 18.7 Å². The third kappa shape index (κ3) is 3.40. The molecule has 2 N–H and O–H groups in total. The van der Waals surface area contributed by atoms with E-state index in [-0.39, 0.29) is 30.9 Å². The van der Waals surface area contributed by atoms with Gasteiger partial charge in [-0.15, -0.1) is 0 Å². The number of anilines is 1. The Morgan fingerprint density at radius 2 is 1.96 bits per heavy atom. The minimum absolute atomic E-state index is 0.0392. The molecule has 0 aliphatic carbocycles. The van der Waals surface area contributed by atoms with Gasteiger partial charge >= 0.3 is 6.03 Å². The third-order valence-electron chi connectivity index (χ3n) is 3.66. The number of hydrogen-bond acceptors (Lipinski definition) is 4. The van der Waals surface area contributed by atoms with Crippen LogP contribution in [0, 0.1) is 6.92 Å². The van der Waals surface area contributed by atoms with Crippen LogP contribution in [0.4, 0.5) is 10.5 Å². The number of aryl methyl sites for hydroxylation is 1. The van der Waals surface area contributed by atoms with E-state index >= 15 is 0 Å². The topological polar surface area (TPSA) is 91.4 Å². The minimum Gasteiger partial charge on any atom is -0.329 e. The summed E-state index contributed by atoms with van der Waals surface area (Å²) in [6.07, 6.45) is 1.52. The molecule has 2 aromatic rings. The van der Waals surface area contributed by atoms with Crippen molar-refractivity contribution in [3.63, 3.8) is 0 Å². The zero-order valence-corrected chi connectivity index (χ0v) is 13.1. The highest BCUT2D eigenvalue weighted by atomic mass is 16.2. The maximum Gasteiger partial charge on any atom is 0.324 e. The van der Waals surface area contributed by atoms with E-state index in [0.717, 1.165) is 16.2 Å². The van der Waals surface area contributed by atoms with E-state index in [4.69, 9.17) is 0 Å². The molecule has 122 valence electrons. The lowest BCUT2D eigenvalue weighted by atomic mass is 10.2. The van der Waals surface area contributed by atoms with Gasteiger partial charge in [0, 0.05) is 17.6 Å². The predicted molar refractivity (Wildman–Crippen MR) is 87.3 cm³/mol. The summed E-state index contributed by atoms with van der Waals surface area (Å²) < 4.78 is 0. The largest absolute Gasteiger partial charge is 0.329 e. The lowest BCUT2D eigenvalue weighted by Gasteiger charge is -2.12. The first-order chi connectivity index (χ1) is 11.5. The van der Waals surface area contributed by atoms with Crippen molar-refractivity contribution in [2.24, 2.45) is 0 Å². The zero-order valence-electron chi connectivity index (χ0n) is 13.1. The summed E-state index contributed by atoms with van der Waals surface area (Å²) in [6, 6.07) is 10.1. The van der Waals surface area contributed by atoms with Gasteiger partial charge < -0.3 is 10.6 Å². The maximum atomic E-state index is 12.1. The van der Waals surface area contributed by atoms with Crippen molar-refractivity contribution in [3.05, 3.63) is 59.4 Å². The molecule has 0 unspecified atom stereocenters. The van der Waals surface area contributed by atoms with Crippen LogP contribution >= 0.6 is 0 Å². The summed E-state index contributed by atoms with van der Waals surface area (Å²) >= 11 is 0. The van der Waals surface area contributed by atoms with Crippen LogP contribution in [0.2, 0.25) is 0 Å². The smallest absolute Gasteiger partial charge is 0.324 e. The molecule has 0 bridgehead atoms. The molecule has 1 aliphatic rings. The third-order valence-corrected chi connectivity index (χ3v) is 3.66. The summed E-state index contributed by atoms with van der Waals surface area (Å²) in [6.45, 7) is 2.10. The molecule has 1 aliphatic heterocycles. The number of carbonyl (C=O) groups is 3. The van der Waals surface area contributed by atoms with Gasteiger partial charge in [0.1, 0.15) is 0 Å². The van der Waals surface area contributed by atoms with Gasteiger partial charge in [-0.05, 0) is 36.8 Å². The molecule has 0 saturated carbocycles. The number of hydrogen-bond donors (Lipinski definition) is 2. The lowest BCUT2D eigenvalue weighted by molar-refractivity contribution is -0.125. The van der Waals surface area contributed by atoms with Crippen LogP contribution in [0.3, 0.4) is 0 Å². The average molecular weight is 324 g/mol. The number of nitrogens with zero attached hydrogens (tertiary/aromatic N) is 2. The second kappa shape index (κ2) is 6.49. The van der Waals surface area contributed by atoms with Crippen LogP contribution < -0.4 is 10.6 Å². The summed E-state index contributed by atoms with van der Waals surface area (Å²) in [7, 11) is 0. The van der Waals surface area contributed by atoms with Gasteiger partial charge in [0.2, 0.25) is 5.91 Å². The Morgan fingerprint density at radius 3 is 2.54 bits per heavy atom. The van der Waals surface area contributed by atoms with Crippen molar-refractivity contribution in [3.8, 4) is 0 Å². The number of urea groups is 1. The molecule has 7 heteroatoms. The molecule has 0 spiro atoms. The number of benzene rings is 1. The van der Waals surface area contributed by atoms with Gasteiger partial charge in [-0.25, -0.2) is 4.79 Å². The lowest BCUT2D eigenvalue weighted by Crippen LogP contribution is -2.30. The van der Waals surface area contributed by atoms with Gasteiger partial charge in [-0.3, -0.25) is 19.5 Å². The number of amides is 4. The number of rotatable bonds is 4. The maximum absolute atomic E-state index is 12.1. The Balaban J connectivity index is 1.64. The van der Waals surface area contributed by atoms with Crippen LogP contribution in [-0.4, -0.2) is 34.3 Å².